The molecule has 19 heavy (non-hydrogen) atoms. The highest BCUT2D eigenvalue weighted by molar-refractivity contribution is 9.10. The van der Waals surface area contributed by atoms with Crippen LogP contribution in [0.2, 0.25) is 0 Å². The van der Waals surface area contributed by atoms with Gasteiger partial charge in [0.2, 0.25) is 5.69 Å². The van der Waals surface area contributed by atoms with Crippen LogP contribution in [0.3, 0.4) is 0 Å². The number of nitro groups is 1. The van der Waals surface area contributed by atoms with Crippen LogP contribution < -0.4 is 5.32 Å². The fourth-order valence-corrected chi connectivity index (χ4v) is 2.83. The van der Waals surface area contributed by atoms with Crippen LogP contribution in [0.5, 0.6) is 0 Å². The summed E-state index contributed by atoms with van der Waals surface area (Å²) >= 11 is 4.98. The second kappa shape index (κ2) is 5.77. The van der Waals surface area contributed by atoms with Gasteiger partial charge in [-0.25, -0.2) is 4.98 Å². The largest absolute Gasteiger partial charge is 0.365 e. The first-order chi connectivity index (χ1) is 9.11. The zero-order valence-corrected chi connectivity index (χ0v) is 11.9. The Morgan fingerprint density at radius 2 is 2.32 bits per heavy atom. The van der Waals surface area contributed by atoms with Crippen molar-refractivity contribution in [1.82, 2.24) is 4.98 Å². The van der Waals surface area contributed by atoms with Crippen LogP contribution in [0.25, 0.3) is 0 Å². The van der Waals surface area contributed by atoms with Crippen LogP contribution in [0, 0.1) is 21.4 Å². The first-order valence-electron chi connectivity index (χ1n) is 5.13. The van der Waals surface area contributed by atoms with Crippen molar-refractivity contribution in [2.24, 2.45) is 0 Å². The number of hydrogen-bond donors (Lipinski definition) is 1. The van der Waals surface area contributed by atoms with Crippen molar-refractivity contribution in [3.05, 3.63) is 48.7 Å². The highest BCUT2D eigenvalue weighted by Gasteiger charge is 2.15. The molecular formula is C11H7BrN4O2S. The Kier molecular flexibility index (Phi) is 4.09. The van der Waals surface area contributed by atoms with Gasteiger partial charge in [-0.2, -0.15) is 5.26 Å². The maximum Gasteiger partial charge on any atom is 0.305 e. The van der Waals surface area contributed by atoms with Crippen molar-refractivity contribution in [3.63, 3.8) is 0 Å². The molecular weight excluding hydrogens is 332 g/mol. The number of nitrogens with one attached hydrogen (secondary N) is 1. The summed E-state index contributed by atoms with van der Waals surface area (Å²) in [4.78, 5) is 15.0. The van der Waals surface area contributed by atoms with Crippen LogP contribution in [0.4, 0.5) is 11.5 Å². The van der Waals surface area contributed by atoms with E-state index in [0.717, 1.165) is 9.35 Å². The molecule has 0 aliphatic carbocycles. The number of hydrogen-bond acceptors (Lipinski definition) is 6. The van der Waals surface area contributed by atoms with E-state index in [1.54, 1.807) is 17.4 Å². The maximum absolute atomic E-state index is 10.7. The zero-order valence-electron chi connectivity index (χ0n) is 9.46. The van der Waals surface area contributed by atoms with Crippen LogP contribution in [0.15, 0.2) is 28.1 Å². The number of aromatic nitrogens is 1. The minimum absolute atomic E-state index is 0.194. The van der Waals surface area contributed by atoms with E-state index in [1.165, 1.54) is 12.1 Å². The van der Waals surface area contributed by atoms with Crippen molar-refractivity contribution < 1.29 is 4.92 Å². The van der Waals surface area contributed by atoms with Gasteiger partial charge in [0, 0.05) is 15.4 Å². The van der Waals surface area contributed by atoms with Gasteiger partial charge < -0.3 is 5.32 Å². The van der Waals surface area contributed by atoms with E-state index in [4.69, 9.17) is 5.26 Å². The minimum Gasteiger partial charge on any atom is -0.365 e. The van der Waals surface area contributed by atoms with E-state index in [1.807, 2.05) is 11.4 Å². The summed E-state index contributed by atoms with van der Waals surface area (Å²) in [6.45, 7) is 0.536. The first-order valence-corrected chi connectivity index (χ1v) is 6.80. The number of anilines is 1. The predicted octanol–water partition coefficient (Wildman–Crippen LogP) is 3.30. The van der Waals surface area contributed by atoms with Crippen LogP contribution >= 0.6 is 27.3 Å². The Labute approximate surface area is 121 Å². The van der Waals surface area contributed by atoms with E-state index in [9.17, 15) is 10.1 Å². The topological polar surface area (TPSA) is 91.8 Å². The third-order valence-electron chi connectivity index (χ3n) is 2.30. The Hall–Kier alpha value is -1.98. The fraction of sp³-hybridized carbons (Fsp3) is 0.0909. The summed E-state index contributed by atoms with van der Waals surface area (Å²) in [5, 5.41) is 24.5. The quantitative estimate of drug-likeness (QED) is 0.682. The molecule has 1 N–H and O–H groups in total. The van der Waals surface area contributed by atoms with E-state index >= 15 is 0 Å². The third-order valence-corrected chi connectivity index (χ3v) is 4.22. The molecule has 0 saturated heterocycles. The molecule has 2 heterocycles. The Balaban J connectivity index is 2.16. The van der Waals surface area contributed by atoms with Crippen LogP contribution in [0.1, 0.15) is 10.6 Å². The lowest BCUT2D eigenvalue weighted by molar-refractivity contribution is -0.385. The molecule has 2 aromatic heterocycles. The van der Waals surface area contributed by atoms with Crippen LogP contribution in [-0.2, 0) is 6.54 Å². The molecule has 0 bridgehead atoms. The summed E-state index contributed by atoms with van der Waals surface area (Å²) in [6, 6.07) is 6.42. The van der Waals surface area contributed by atoms with E-state index in [-0.39, 0.29) is 11.4 Å². The molecule has 0 radical (unpaired) electrons. The van der Waals surface area contributed by atoms with Gasteiger partial charge in [-0.3, -0.25) is 10.1 Å². The van der Waals surface area contributed by atoms with Gasteiger partial charge in [-0.05, 0) is 33.4 Å². The lowest BCUT2D eigenvalue weighted by Gasteiger charge is -2.04. The summed E-state index contributed by atoms with van der Waals surface area (Å²) in [5.41, 5.74) is -0.481. The highest BCUT2D eigenvalue weighted by atomic mass is 79.9. The third kappa shape index (κ3) is 3.07. The smallest absolute Gasteiger partial charge is 0.305 e. The van der Waals surface area contributed by atoms with Crippen LogP contribution in [-0.4, -0.2) is 9.91 Å². The Morgan fingerprint density at radius 1 is 1.53 bits per heavy atom. The molecule has 0 fully saturated rings. The molecule has 96 valence electrons. The molecule has 0 saturated carbocycles. The predicted molar refractivity (Wildman–Crippen MR) is 75.0 cm³/mol. The summed E-state index contributed by atoms with van der Waals surface area (Å²) in [7, 11) is 0. The van der Waals surface area contributed by atoms with Crippen molar-refractivity contribution in [1.29, 1.82) is 5.26 Å². The second-order valence-electron chi connectivity index (χ2n) is 3.48. The first kappa shape index (κ1) is 13.5. The molecule has 2 rings (SSSR count). The molecule has 2 aromatic rings. The molecule has 8 heteroatoms. The second-order valence-corrected chi connectivity index (χ2v) is 5.33. The summed E-state index contributed by atoms with van der Waals surface area (Å²) < 4.78 is 0.993. The van der Waals surface area contributed by atoms with Crippen molar-refractivity contribution in [3.8, 4) is 6.07 Å². The van der Waals surface area contributed by atoms with Gasteiger partial charge in [0.1, 0.15) is 11.9 Å². The van der Waals surface area contributed by atoms with E-state index in [0.29, 0.717) is 12.4 Å². The molecule has 0 unspecified atom stereocenters. The van der Waals surface area contributed by atoms with E-state index < -0.39 is 4.92 Å². The average Bonchev–Trinajstić information content (AvgIpc) is 2.81. The summed E-state index contributed by atoms with van der Waals surface area (Å²) in [6.07, 6.45) is 0. The summed E-state index contributed by atoms with van der Waals surface area (Å²) in [5.74, 6) is 0.433. The molecule has 0 aliphatic heterocycles. The van der Waals surface area contributed by atoms with Gasteiger partial charge >= 0.3 is 5.69 Å². The van der Waals surface area contributed by atoms with Gasteiger partial charge in [0.05, 0.1) is 11.5 Å². The monoisotopic (exact) mass is 338 g/mol. The SMILES string of the molecule is N#Cc1nc(NCc2sccc2Br)ccc1[N+](=O)[O-]. The number of pyridine rings is 1. The molecule has 6 nitrogen and oxygen atoms in total. The minimum atomic E-state index is -0.620. The Morgan fingerprint density at radius 3 is 2.89 bits per heavy atom. The number of thiophene rings is 1. The van der Waals surface area contributed by atoms with Crippen molar-refractivity contribution in [2.75, 3.05) is 5.32 Å². The molecule has 0 aromatic carbocycles. The number of rotatable bonds is 4. The standard InChI is InChI=1S/C11H7BrN4O2S/c12-7-3-4-19-10(7)6-14-11-2-1-9(16(17)18)8(5-13)15-11/h1-4H,6H2,(H,14,15). The molecule has 0 spiro atoms. The van der Waals surface area contributed by atoms with E-state index in [2.05, 4.69) is 26.2 Å². The lowest BCUT2D eigenvalue weighted by Crippen LogP contribution is -2.03. The highest BCUT2D eigenvalue weighted by Crippen LogP contribution is 2.24. The normalized spacial score (nSPS) is 9.89. The zero-order chi connectivity index (χ0) is 13.8. The van der Waals surface area contributed by atoms with Crippen molar-refractivity contribution >= 4 is 38.8 Å². The number of nitriles is 1. The Bertz CT molecular complexity index is 665. The van der Waals surface area contributed by atoms with Gasteiger partial charge in [0.25, 0.3) is 0 Å². The van der Waals surface area contributed by atoms with Gasteiger partial charge in [0.15, 0.2) is 0 Å². The molecule has 0 atom stereocenters. The maximum atomic E-state index is 10.7. The average molecular weight is 339 g/mol. The number of halogens is 1. The van der Waals surface area contributed by atoms with Gasteiger partial charge in [-0.15, -0.1) is 11.3 Å². The number of nitrogens with zero attached hydrogens (tertiary/aromatic N) is 3. The van der Waals surface area contributed by atoms with Crippen molar-refractivity contribution in [2.45, 2.75) is 6.54 Å². The fourth-order valence-electron chi connectivity index (χ4n) is 1.40. The molecule has 0 amide bonds. The van der Waals surface area contributed by atoms with Gasteiger partial charge in [-0.1, -0.05) is 0 Å². The lowest BCUT2D eigenvalue weighted by atomic mass is 10.3. The molecule has 0 aliphatic rings.